The number of aromatic nitrogens is 1. The molecule has 0 N–H and O–H groups in total. The van der Waals surface area contributed by atoms with Gasteiger partial charge < -0.3 is 14.7 Å². The highest BCUT2D eigenvalue weighted by Crippen LogP contribution is 2.30. The summed E-state index contributed by atoms with van der Waals surface area (Å²) in [5, 5.41) is 0.804. The molecular formula is C15H22N4O4S2. The fourth-order valence-corrected chi connectivity index (χ4v) is 6.42. The molecule has 8 nitrogen and oxygen atoms in total. The van der Waals surface area contributed by atoms with Crippen molar-refractivity contribution in [3.05, 3.63) is 15.6 Å². The quantitative estimate of drug-likeness (QED) is 0.695. The Labute approximate surface area is 151 Å². The van der Waals surface area contributed by atoms with Crippen LogP contribution in [0, 0.1) is 13.8 Å². The summed E-state index contributed by atoms with van der Waals surface area (Å²) in [7, 11) is -0.0117. The van der Waals surface area contributed by atoms with E-state index in [1.807, 2.05) is 6.92 Å². The highest BCUT2D eigenvalue weighted by atomic mass is 32.2. The van der Waals surface area contributed by atoms with E-state index in [-0.39, 0.29) is 23.4 Å². The molecule has 0 aliphatic carbocycles. The normalized spacial score (nSPS) is 25.0. The Morgan fingerprint density at radius 1 is 1.12 bits per heavy atom. The van der Waals surface area contributed by atoms with E-state index in [2.05, 4.69) is 4.98 Å². The Kier molecular flexibility index (Phi) is 4.52. The van der Waals surface area contributed by atoms with Gasteiger partial charge in [-0.2, -0.15) is 0 Å². The molecule has 2 saturated heterocycles. The average molecular weight is 386 g/mol. The van der Waals surface area contributed by atoms with E-state index in [4.69, 9.17) is 0 Å². The standard InChI is InChI=1S/C15H22N4O4S2/c1-9-13(24-10(2)16-9)14(20)18-5-6-19(15(21)17(3)4)12-8-25(22,23)7-11(12)18/h11-12H,5-8H2,1-4H3/t11-,12+/m0/s1. The van der Waals surface area contributed by atoms with Gasteiger partial charge in [-0.15, -0.1) is 11.3 Å². The molecular weight excluding hydrogens is 364 g/mol. The predicted octanol–water partition coefficient (Wildman–Crippen LogP) is 0.365. The molecule has 3 amide bonds. The molecule has 0 radical (unpaired) electrons. The minimum atomic E-state index is -3.29. The van der Waals surface area contributed by atoms with E-state index in [1.165, 1.54) is 16.2 Å². The number of sulfone groups is 1. The fraction of sp³-hybridized carbons (Fsp3) is 0.667. The second kappa shape index (κ2) is 6.24. The molecule has 3 rings (SSSR count). The number of fused-ring (bicyclic) bond motifs is 1. The smallest absolute Gasteiger partial charge is 0.319 e. The molecule has 2 fully saturated rings. The molecule has 0 bridgehead atoms. The van der Waals surface area contributed by atoms with Crippen molar-refractivity contribution in [3.63, 3.8) is 0 Å². The van der Waals surface area contributed by atoms with Crippen molar-refractivity contribution < 1.29 is 18.0 Å². The lowest BCUT2D eigenvalue weighted by Gasteiger charge is -2.44. The summed E-state index contributed by atoms with van der Waals surface area (Å²) in [5.74, 6) is -0.383. The summed E-state index contributed by atoms with van der Waals surface area (Å²) in [4.78, 5) is 34.9. The van der Waals surface area contributed by atoms with Crippen molar-refractivity contribution in [2.45, 2.75) is 25.9 Å². The Morgan fingerprint density at radius 2 is 1.68 bits per heavy atom. The Morgan fingerprint density at radius 3 is 2.20 bits per heavy atom. The molecule has 10 heteroatoms. The van der Waals surface area contributed by atoms with E-state index in [9.17, 15) is 18.0 Å². The van der Waals surface area contributed by atoms with Crippen molar-refractivity contribution in [1.82, 2.24) is 19.7 Å². The lowest BCUT2D eigenvalue weighted by atomic mass is 10.0. The molecule has 138 valence electrons. The van der Waals surface area contributed by atoms with Gasteiger partial charge in [0.25, 0.3) is 5.91 Å². The van der Waals surface area contributed by atoms with Crippen molar-refractivity contribution in [1.29, 1.82) is 0 Å². The number of piperazine rings is 1. The second-order valence-corrected chi connectivity index (χ2v) is 10.1. The molecule has 2 atom stereocenters. The molecule has 1 aromatic rings. The van der Waals surface area contributed by atoms with Crippen LogP contribution in [-0.2, 0) is 9.84 Å². The van der Waals surface area contributed by atoms with E-state index >= 15 is 0 Å². The number of rotatable bonds is 1. The Hall–Kier alpha value is -1.68. The predicted molar refractivity (Wildman–Crippen MR) is 94.6 cm³/mol. The Balaban J connectivity index is 1.92. The van der Waals surface area contributed by atoms with Gasteiger partial charge in [-0.25, -0.2) is 18.2 Å². The van der Waals surface area contributed by atoms with Crippen LogP contribution >= 0.6 is 11.3 Å². The van der Waals surface area contributed by atoms with Crippen LogP contribution in [0.5, 0.6) is 0 Å². The summed E-state index contributed by atoms with van der Waals surface area (Å²) >= 11 is 1.32. The number of aryl methyl sites for hydroxylation is 2. The zero-order valence-corrected chi connectivity index (χ0v) is 16.4. The first-order valence-corrected chi connectivity index (χ1v) is 10.7. The number of nitrogens with zero attached hydrogens (tertiary/aromatic N) is 4. The number of thiazole rings is 1. The Bertz CT molecular complexity index is 817. The largest absolute Gasteiger partial charge is 0.331 e. The van der Waals surface area contributed by atoms with Gasteiger partial charge in [0.2, 0.25) is 0 Å². The summed E-state index contributed by atoms with van der Waals surface area (Å²) in [6, 6.07) is -1.21. The topological polar surface area (TPSA) is 90.9 Å². The van der Waals surface area contributed by atoms with Crippen molar-refractivity contribution in [2.24, 2.45) is 0 Å². The molecule has 0 unspecified atom stereocenters. The van der Waals surface area contributed by atoms with Crippen LogP contribution in [0.4, 0.5) is 4.79 Å². The average Bonchev–Trinajstić information content (AvgIpc) is 3.02. The van der Waals surface area contributed by atoms with Gasteiger partial charge in [-0.05, 0) is 13.8 Å². The summed E-state index contributed by atoms with van der Waals surface area (Å²) in [6.45, 7) is 4.28. The highest BCUT2D eigenvalue weighted by Gasteiger charge is 2.50. The summed E-state index contributed by atoms with van der Waals surface area (Å²) < 4.78 is 24.4. The molecule has 0 saturated carbocycles. The molecule has 3 heterocycles. The first-order chi connectivity index (χ1) is 11.6. The third-order valence-electron chi connectivity index (χ3n) is 4.66. The number of amides is 3. The van der Waals surface area contributed by atoms with Crippen LogP contribution in [0.3, 0.4) is 0 Å². The van der Waals surface area contributed by atoms with Crippen LogP contribution in [0.25, 0.3) is 0 Å². The van der Waals surface area contributed by atoms with Gasteiger partial charge in [0.1, 0.15) is 4.88 Å². The van der Waals surface area contributed by atoms with E-state index in [0.717, 1.165) is 5.01 Å². The minimum Gasteiger partial charge on any atom is -0.331 e. The van der Waals surface area contributed by atoms with E-state index in [1.54, 1.807) is 30.8 Å². The first kappa shape index (κ1) is 18.1. The first-order valence-electron chi connectivity index (χ1n) is 8.04. The SMILES string of the molecule is Cc1nc(C)c(C(=O)N2CCN(C(=O)N(C)C)[C@@H]3CS(=O)(=O)C[C@@H]32)s1. The van der Waals surface area contributed by atoms with Crippen LogP contribution < -0.4 is 0 Å². The van der Waals surface area contributed by atoms with Crippen molar-refractivity contribution >= 4 is 33.1 Å². The van der Waals surface area contributed by atoms with Gasteiger partial charge in [0.05, 0.1) is 34.3 Å². The molecule has 2 aliphatic heterocycles. The van der Waals surface area contributed by atoms with E-state index < -0.39 is 21.9 Å². The van der Waals surface area contributed by atoms with Gasteiger partial charge >= 0.3 is 6.03 Å². The summed E-state index contributed by atoms with van der Waals surface area (Å²) in [6.07, 6.45) is 0. The number of hydrogen-bond donors (Lipinski definition) is 0. The van der Waals surface area contributed by atoms with Gasteiger partial charge in [0, 0.05) is 27.2 Å². The van der Waals surface area contributed by atoms with Crippen LogP contribution in [0.2, 0.25) is 0 Å². The number of carbonyl (C=O) groups excluding carboxylic acids is 2. The lowest BCUT2D eigenvalue weighted by Crippen LogP contribution is -2.63. The van der Waals surface area contributed by atoms with E-state index in [0.29, 0.717) is 23.7 Å². The number of urea groups is 1. The minimum absolute atomic E-state index is 0.0955. The number of hydrogen-bond acceptors (Lipinski definition) is 6. The zero-order valence-electron chi connectivity index (χ0n) is 14.7. The van der Waals surface area contributed by atoms with Gasteiger partial charge in [-0.3, -0.25) is 4.79 Å². The van der Waals surface area contributed by atoms with Crippen LogP contribution in [0.1, 0.15) is 20.4 Å². The van der Waals surface area contributed by atoms with Crippen molar-refractivity contribution in [3.8, 4) is 0 Å². The highest BCUT2D eigenvalue weighted by molar-refractivity contribution is 7.91. The maximum atomic E-state index is 13.0. The third kappa shape index (κ3) is 3.24. The fourth-order valence-electron chi connectivity index (χ4n) is 3.56. The molecule has 0 spiro atoms. The van der Waals surface area contributed by atoms with Gasteiger partial charge in [-0.1, -0.05) is 0 Å². The van der Waals surface area contributed by atoms with Crippen LogP contribution in [0.15, 0.2) is 0 Å². The monoisotopic (exact) mass is 386 g/mol. The molecule has 1 aromatic heterocycles. The molecule has 0 aromatic carbocycles. The maximum Gasteiger partial charge on any atom is 0.319 e. The maximum absolute atomic E-state index is 13.0. The summed E-state index contributed by atoms with van der Waals surface area (Å²) in [5.41, 5.74) is 0.664. The van der Waals surface area contributed by atoms with Gasteiger partial charge in [0.15, 0.2) is 9.84 Å². The molecule has 2 aliphatic rings. The van der Waals surface area contributed by atoms with Crippen molar-refractivity contribution in [2.75, 3.05) is 38.7 Å². The lowest BCUT2D eigenvalue weighted by molar-refractivity contribution is 0.0396. The zero-order chi connectivity index (χ0) is 18.5. The third-order valence-corrected chi connectivity index (χ3v) is 7.42. The molecule has 25 heavy (non-hydrogen) atoms. The van der Waals surface area contributed by atoms with Crippen LogP contribution in [-0.4, -0.2) is 90.8 Å². The second-order valence-electron chi connectivity index (χ2n) is 6.73. The number of carbonyl (C=O) groups is 2.